The van der Waals surface area contributed by atoms with E-state index in [9.17, 15) is 9.59 Å². The summed E-state index contributed by atoms with van der Waals surface area (Å²) in [4.78, 5) is 27.2. The number of hydrogen-bond acceptors (Lipinski definition) is 4. The number of aryl methyl sites for hydroxylation is 1. The Labute approximate surface area is 171 Å². The van der Waals surface area contributed by atoms with E-state index in [1.54, 1.807) is 0 Å². The third kappa shape index (κ3) is 4.28. The van der Waals surface area contributed by atoms with Crippen molar-refractivity contribution in [3.63, 3.8) is 0 Å². The highest BCUT2D eigenvalue weighted by Gasteiger charge is 2.57. The van der Waals surface area contributed by atoms with Crippen LogP contribution in [0.4, 0.5) is 5.69 Å². The fourth-order valence-electron chi connectivity index (χ4n) is 4.30. The second-order valence-corrected chi connectivity index (χ2v) is 9.02. The molecule has 0 radical (unpaired) electrons. The molecular weight excluding hydrogens is 382 g/mol. The maximum absolute atomic E-state index is 12.7. The highest BCUT2D eigenvalue weighted by Crippen LogP contribution is 2.58. The molecule has 2 saturated heterocycles. The van der Waals surface area contributed by atoms with Crippen LogP contribution in [0.5, 0.6) is 0 Å². The molecule has 2 heterocycles. The molecule has 1 spiro atoms. The van der Waals surface area contributed by atoms with Crippen LogP contribution in [-0.4, -0.2) is 54.4 Å². The second-order valence-electron chi connectivity index (χ2n) is 7.79. The molecule has 27 heavy (non-hydrogen) atoms. The zero-order valence-electron chi connectivity index (χ0n) is 15.8. The Morgan fingerprint density at radius 1 is 1.22 bits per heavy atom. The molecule has 148 valence electrons. The summed E-state index contributed by atoms with van der Waals surface area (Å²) in [5.74, 6) is 2.41. The van der Waals surface area contributed by atoms with E-state index in [2.05, 4.69) is 10.6 Å². The van der Waals surface area contributed by atoms with E-state index < -0.39 is 0 Å². The summed E-state index contributed by atoms with van der Waals surface area (Å²) in [5, 5.41) is 6.48. The molecule has 1 atom stereocenters. The van der Waals surface area contributed by atoms with Gasteiger partial charge < -0.3 is 15.5 Å². The number of piperidine rings is 1. The van der Waals surface area contributed by atoms with Gasteiger partial charge in [-0.3, -0.25) is 9.59 Å². The van der Waals surface area contributed by atoms with Gasteiger partial charge in [0.2, 0.25) is 5.91 Å². The molecule has 1 aromatic rings. The Bertz CT molecular complexity index is 715. The van der Waals surface area contributed by atoms with Crippen LogP contribution in [0.15, 0.2) is 18.2 Å². The molecule has 0 bridgehead atoms. The molecule has 0 aromatic heterocycles. The van der Waals surface area contributed by atoms with Gasteiger partial charge in [0.1, 0.15) is 0 Å². The number of carbonyl (C=O) groups excluding carboxylic acids is 2. The minimum Gasteiger partial charge on any atom is -0.337 e. The first kappa shape index (κ1) is 20.5. The van der Waals surface area contributed by atoms with Crippen LogP contribution < -0.4 is 10.6 Å². The lowest BCUT2D eigenvalue weighted by molar-refractivity contribution is -0.118. The topological polar surface area (TPSA) is 61.4 Å². The van der Waals surface area contributed by atoms with Crippen molar-refractivity contribution in [2.24, 2.45) is 11.3 Å². The number of benzene rings is 1. The van der Waals surface area contributed by atoms with E-state index >= 15 is 0 Å². The zero-order chi connectivity index (χ0) is 18.1. The summed E-state index contributed by atoms with van der Waals surface area (Å²) in [5.41, 5.74) is 2.74. The fourth-order valence-corrected chi connectivity index (χ4v) is 5.20. The van der Waals surface area contributed by atoms with E-state index in [0.717, 1.165) is 68.2 Å². The molecule has 1 aromatic carbocycles. The Balaban J connectivity index is 0.00000210. The van der Waals surface area contributed by atoms with Crippen LogP contribution in [-0.2, 0) is 4.79 Å². The van der Waals surface area contributed by atoms with Crippen LogP contribution in [0, 0.1) is 18.3 Å². The van der Waals surface area contributed by atoms with Gasteiger partial charge in [0, 0.05) is 41.8 Å². The monoisotopic (exact) mass is 409 g/mol. The summed E-state index contributed by atoms with van der Waals surface area (Å²) in [6, 6.07) is 5.64. The molecule has 5 nitrogen and oxygen atoms in total. The van der Waals surface area contributed by atoms with Crippen molar-refractivity contribution in [3.8, 4) is 0 Å². The van der Waals surface area contributed by atoms with Crippen molar-refractivity contribution in [2.75, 3.05) is 43.0 Å². The van der Waals surface area contributed by atoms with Crippen molar-refractivity contribution in [1.29, 1.82) is 0 Å². The SMILES string of the molecule is Cc1cc(C(=O)N2CCSCC2)ccc1NC(=O)C1CC12CCNCC2.Cl. The van der Waals surface area contributed by atoms with Gasteiger partial charge in [-0.25, -0.2) is 0 Å². The van der Waals surface area contributed by atoms with Gasteiger partial charge in [-0.15, -0.1) is 12.4 Å². The number of anilines is 1. The Morgan fingerprint density at radius 3 is 2.59 bits per heavy atom. The number of rotatable bonds is 3. The molecule has 1 unspecified atom stereocenters. The van der Waals surface area contributed by atoms with E-state index in [4.69, 9.17) is 0 Å². The van der Waals surface area contributed by atoms with Crippen molar-refractivity contribution < 1.29 is 9.59 Å². The van der Waals surface area contributed by atoms with Crippen molar-refractivity contribution in [3.05, 3.63) is 29.3 Å². The predicted molar refractivity (Wildman–Crippen MR) is 113 cm³/mol. The minimum atomic E-state index is 0. The van der Waals surface area contributed by atoms with Gasteiger partial charge >= 0.3 is 0 Å². The van der Waals surface area contributed by atoms with E-state index in [1.807, 2.05) is 41.8 Å². The highest BCUT2D eigenvalue weighted by atomic mass is 35.5. The smallest absolute Gasteiger partial charge is 0.253 e. The summed E-state index contributed by atoms with van der Waals surface area (Å²) in [6.07, 6.45) is 3.22. The first-order valence-corrected chi connectivity index (χ1v) is 10.7. The van der Waals surface area contributed by atoms with Crippen LogP contribution >= 0.6 is 24.2 Å². The molecular formula is C20H28ClN3O2S. The van der Waals surface area contributed by atoms with Crippen molar-refractivity contribution >= 4 is 41.7 Å². The van der Waals surface area contributed by atoms with Crippen LogP contribution in [0.25, 0.3) is 0 Å². The number of carbonyl (C=O) groups is 2. The van der Waals surface area contributed by atoms with E-state index in [-0.39, 0.29) is 35.6 Å². The molecule has 3 aliphatic rings. The quantitative estimate of drug-likeness (QED) is 0.805. The summed E-state index contributed by atoms with van der Waals surface area (Å²) in [7, 11) is 0. The average molecular weight is 410 g/mol. The standard InChI is InChI=1S/C20H27N3O2S.ClH/c1-14-12-15(19(25)23-8-10-26-11-9-23)2-3-17(14)22-18(24)16-13-20(16)4-6-21-7-5-20;/h2-3,12,16,21H,4-11,13H2,1H3,(H,22,24);1H. The number of amides is 2. The summed E-state index contributed by atoms with van der Waals surface area (Å²) < 4.78 is 0. The number of nitrogens with zero attached hydrogens (tertiary/aromatic N) is 1. The minimum absolute atomic E-state index is 0. The normalized spacial score (nSPS) is 23.4. The van der Waals surface area contributed by atoms with Crippen LogP contribution in [0.1, 0.15) is 35.2 Å². The maximum Gasteiger partial charge on any atom is 0.253 e. The summed E-state index contributed by atoms with van der Waals surface area (Å²) >= 11 is 1.90. The van der Waals surface area contributed by atoms with Gasteiger partial charge in [-0.2, -0.15) is 11.8 Å². The third-order valence-corrected chi connectivity index (χ3v) is 7.08. The Hall–Kier alpha value is -1.24. The predicted octanol–water partition coefficient (Wildman–Crippen LogP) is 2.93. The number of nitrogens with one attached hydrogen (secondary N) is 2. The lowest BCUT2D eigenvalue weighted by atomic mass is 9.91. The summed E-state index contributed by atoms with van der Waals surface area (Å²) in [6.45, 7) is 5.65. The Kier molecular flexibility index (Phi) is 6.39. The lowest BCUT2D eigenvalue weighted by Gasteiger charge is -2.26. The molecule has 2 N–H and O–H groups in total. The van der Waals surface area contributed by atoms with Gasteiger partial charge in [0.05, 0.1) is 0 Å². The largest absolute Gasteiger partial charge is 0.337 e. The maximum atomic E-state index is 12.7. The number of halogens is 1. The van der Waals surface area contributed by atoms with Crippen molar-refractivity contribution in [1.82, 2.24) is 10.2 Å². The van der Waals surface area contributed by atoms with Gasteiger partial charge in [0.15, 0.2) is 0 Å². The average Bonchev–Trinajstić information content (AvgIpc) is 3.37. The molecule has 7 heteroatoms. The molecule has 2 aliphatic heterocycles. The first-order valence-electron chi connectivity index (χ1n) is 9.58. The fraction of sp³-hybridized carbons (Fsp3) is 0.600. The van der Waals surface area contributed by atoms with Crippen molar-refractivity contribution in [2.45, 2.75) is 26.2 Å². The van der Waals surface area contributed by atoms with Crippen LogP contribution in [0.3, 0.4) is 0 Å². The lowest BCUT2D eigenvalue weighted by Crippen LogP contribution is -2.37. The molecule has 1 aliphatic carbocycles. The Morgan fingerprint density at radius 2 is 1.93 bits per heavy atom. The van der Waals surface area contributed by atoms with E-state index in [1.165, 1.54) is 0 Å². The number of thioether (sulfide) groups is 1. The third-order valence-electron chi connectivity index (χ3n) is 6.14. The molecule has 1 saturated carbocycles. The molecule has 4 rings (SSSR count). The second kappa shape index (κ2) is 8.41. The van der Waals surface area contributed by atoms with Crippen LogP contribution in [0.2, 0.25) is 0 Å². The molecule has 2 amide bonds. The highest BCUT2D eigenvalue weighted by molar-refractivity contribution is 7.99. The molecule has 3 fully saturated rings. The van der Waals surface area contributed by atoms with Gasteiger partial charge in [-0.05, 0) is 68.5 Å². The van der Waals surface area contributed by atoms with Gasteiger partial charge in [0.25, 0.3) is 5.91 Å². The van der Waals surface area contributed by atoms with E-state index in [0.29, 0.717) is 5.56 Å². The van der Waals surface area contributed by atoms with Gasteiger partial charge in [-0.1, -0.05) is 0 Å². The number of hydrogen-bond donors (Lipinski definition) is 2. The first-order chi connectivity index (χ1) is 12.6. The zero-order valence-corrected chi connectivity index (χ0v) is 17.4.